The Balaban J connectivity index is 2.30. The minimum absolute atomic E-state index is 0.00653. The van der Waals surface area contributed by atoms with Crippen molar-refractivity contribution in [2.45, 2.75) is 16.0 Å². The Hall–Kier alpha value is -0.490. The number of carbonyl (C=O) groups excluding carboxylic acids is 1. The molecular weight excluding hydrogens is 258 g/mol. The molecule has 0 saturated carbocycles. The van der Waals surface area contributed by atoms with Gasteiger partial charge in [-0.05, 0) is 6.08 Å². The molecule has 1 unspecified atom stereocenters. The number of rotatable bonds is 1. The summed E-state index contributed by atoms with van der Waals surface area (Å²) < 4.78 is -0.00653. The van der Waals surface area contributed by atoms with Gasteiger partial charge in [0.1, 0.15) is 5.70 Å². The minimum Gasteiger partial charge on any atom is -0.477 e. The van der Waals surface area contributed by atoms with Crippen LogP contribution in [0.4, 0.5) is 0 Å². The first kappa shape index (κ1) is 9.08. The third-order valence-electron chi connectivity index (χ3n) is 1.96. The molecule has 0 spiro atoms. The molecule has 0 aromatic carbocycles. The number of carboxylic acids is 1. The molecule has 2 aliphatic heterocycles. The third-order valence-corrected chi connectivity index (χ3v) is 3.96. The first-order valence-corrected chi connectivity index (χ1v) is 5.52. The molecule has 70 valence electrons. The molecule has 0 bridgehead atoms. The quantitative estimate of drug-likeness (QED) is 0.566. The summed E-state index contributed by atoms with van der Waals surface area (Å²) in [5.74, 6) is -1.15. The number of carbonyl (C=O) groups is 2. The molecule has 2 heterocycles. The molecule has 0 aromatic rings. The van der Waals surface area contributed by atoms with E-state index in [-0.39, 0.29) is 21.1 Å². The molecule has 0 aliphatic carbocycles. The molecule has 0 radical (unpaired) electrons. The van der Waals surface area contributed by atoms with E-state index >= 15 is 0 Å². The topological polar surface area (TPSA) is 57.6 Å². The van der Waals surface area contributed by atoms with E-state index in [0.717, 1.165) is 0 Å². The van der Waals surface area contributed by atoms with E-state index in [9.17, 15) is 9.59 Å². The zero-order valence-corrected chi connectivity index (χ0v) is 8.84. The number of hydrogen-bond donors (Lipinski definition) is 1. The maximum Gasteiger partial charge on any atom is 0.352 e. The highest BCUT2D eigenvalue weighted by molar-refractivity contribution is 9.11. The highest BCUT2D eigenvalue weighted by Gasteiger charge is 2.44. The van der Waals surface area contributed by atoms with Gasteiger partial charge in [0.15, 0.2) is 0 Å². The van der Waals surface area contributed by atoms with Crippen molar-refractivity contribution >= 4 is 39.6 Å². The van der Waals surface area contributed by atoms with Crippen LogP contribution in [0.5, 0.6) is 0 Å². The van der Waals surface area contributed by atoms with E-state index in [4.69, 9.17) is 5.11 Å². The van der Waals surface area contributed by atoms with E-state index < -0.39 is 5.97 Å². The van der Waals surface area contributed by atoms with Gasteiger partial charge in [0.2, 0.25) is 5.91 Å². The van der Waals surface area contributed by atoms with Gasteiger partial charge in [-0.25, -0.2) is 4.79 Å². The molecule has 0 aromatic heterocycles. The Morgan fingerprint density at radius 1 is 1.77 bits per heavy atom. The van der Waals surface area contributed by atoms with Gasteiger partial charge in [-0.1, -0.05) is 15.9 Å². The second-order valence-electron chi connectivity index (χ2n) is 2.77. The van der Waals surface area contributed by atoms with Crippen molar-refractivity contribution in [1.82, 2.24) is 4.90 Å². The van der Waals surface area contributed by atoms with Gasteiger partial charge < -0.3 is 5.11 Å². The lowest BCUT2D eigenvalue weighted by atomic mass is 10.1. The largest absolute Gasteiger partial charge is 0.477 e. The molecule has 1 N–H and O–H groups in total. The van der Waals surface area contributed by atoms with Crippen LogP contribution < -0.4 is 0 Å². The lowest BCUT2D eigenvalue weighted by Gasteiger charge is -2.43. The summed E-state index contributed by atoms with van der Waals surface area (Å²) in [5, 5.41) is 8.81. The van der Waals surface area contributed by atoms with Crippen LogP contribution in [0.15, 0.2) is 11.8 Å². The number of alkyl halides is 1. The Morgan fingerprint density at radius 3 is 3.00 bits per heavy atom. The first-order chi connectivity index (χ1) is 6.09. The normalized spacial score (nSPS) is 31.9. The standard InChI is InChI=1S/C7H6BrNO3S/c8-4-1-3(7(11)12)9-5(10)2-6(9)13-4/h1,4,6H,2H2,(H,11,12)/t4?,6-/m1/s1. The fraction of sp³-hybridized carbons (Fsp3) is 0.429. The van der Waals surface area contributed by atoms with E-state index in [0.29, 0.717) is 6.42 Å². The van der Waals surface area contributed by atoms with Crippen LogP contribution in [0.25, 0.3) is 0 Å². The highest BCUT2D eigenvalue weighted by atomic mass is 79.9. The van der Waals surface area contributed by atoms with Crippen molar-refractivity contribution in [2.75, 3.05) is 0 Å². The van der Waals surface area contributed by atoms with Gasteiger partial charge >= 0.3 is 5.97 Å². The number of fused-ring (bicyclic) bond motifs is 1. The van der Waals surface area contributed by atoms with Gasteiger partial charge in [0, 0.05) is 0 Å². The van der Waals surface area contributed by atoms with Crippen molar-refractivity contribution in [2.24, 2.45) is 0 Å². The van der Waals surface area contributed by atoms with Gasteiger partial charge in [-0.3, -0.25) is 9.69 Å². The lowest BCUT2D eigenvalue weighted by molar-refractivity contribution is -0.146. The number of aliphatic carboxylic acids is 1. The number of hydrogen-bond acceptors (Lipinski definition) is 3. The predicted octanol–water partition coefficient (Wildman–Crippen LogP) is 0.981. The van der Waals surface area contributed by atoms with Crippen LogP contribution in [-0.4, -0.2) is 31.4 Å². The molecule has 2 aliphatic rings. The minimum atomic E-state index is -1.04. The van der Waals surface area contributed by atoms with Crippen LogP contribution in [0, 0.1) is 0 Å². The summed E-state index contributed by atoms with van der Waals surface area (Å²) in [7, 11) is 0. The number of nitrogens with zero attached hydrogens (tertiary/aromatic N) is 1. The number of β-lactam (4-membered cyclic amide) rings is 1. The molecule has 2 rings (SSSR count). The molecule has 2 atom stereocenters. The lowest BCUT2D eigenvalue weighted by Crippen LogP contribution is -2.53. The van der Waals surface area contributed by atoms with Gasteiger partial charge in [-0.15, -0.1) is 11.8 Å². The second-order valence-corrected chi connectivity index (χ2v) is 5.68. The maximum atomic E-state index is 11.1. The maximum absolute atomic E-state index is 11.1. The first-order valence-electron chi connectivity index (χ1n) is 3.66. The third kappa shape index (κ3) is 1.38. The zero-order chi connectivity index (χ0) is 9.59. The van der Waals surface area contributed by atoms with Crippen molar-refractivity contribution in [3.63, 3.8) is 0 Å². The Labute approximate surface area is 87.1 Å². The molecule has 1 saturated heterocycles. The number of carboxylic acid groups (broad SMARTS) is 1. The monoisotopic (exact) mass is 263 g/mol. The van der Waals surface area contributed by atoms with Gasteiger partial charge in [0.05, 0.1) is 16.0 Å². The van der Waals surface area contributed by atoms with E-state index in [1.54, 1.807) is 17.8 Å². The average Bonchev–Trinajstić information content (AvgIpc) is 2.01. The molecule has 4 nitrogen and oxygen atoms in total. The molecule has 13 heavy (non-hydrogen) atoms. The van der Waals surface area contributed by atoms with Crippen LogP contribution in [0.1, 0.15) is 6.42 Å². The van der Waals surface area contributed by atoms with Gasteiger partial charge in [0.25, 0.3) is 0 Å². The van der Waals surface area contributed by atoms with E-state index in [1.807, 2.05) is 0 Å². The predicted molar refractivity (Wildman–Crippen MR) is 51.3 cm³/mol. The second kappa shape index (κ2) is 3.02. The van der Waals surface area contributed by atoms with Crippen LogP contribution >= 0.6 is 27.7 Å². The Morgan fingerprint density at radius 2 is 2.46 bits per heavy atom. The Bertz CT molecular complexity index is 317. The molecule has 1 fully saturated rings. The van der Waals surface area contributed by atoms with E-state index in [2.05, 4.69) is 15.9 Å². The van der Waals surface area contributed by atoms with E-state index in [1.165, 1.54) is 4.90 Å². The van der Waals surface area contributed by atoms with Crippen molar-refractivity contribution in [3.8, 4) is 0 Å². The summed E-state index contributed by atoms with van der Waals surface area (Å²) >= 11 is 4.85. The highest BCUT2D eigenvalue weighted by Crippen LogP contribution is 2.42. The summed E-state index contributed by atoms with van der Waals surface area (Å²) in [6.45, 7) is 0. The fourth-order valence-corrected chi connectivity index (χ4v) is 3.45. The Kier molecular flexibility index (Phi) is 2.11. The van der Waals surface area contributed by atoms with Crippen LogP contribution in [-0.2, 0) is 9.59 Å². The summed E-state index contributed by atoms with van der Waals surface area (Å²) in [6.07, 6.45) is 1.98. The SMILES string of the molecule is O=C(O)C1=CC(Br)S[C@@H]2CC(=O)N12. The zero-order valence-electron chi connectivity index (χ0n) is 6.44. The van der Waals surface area contributed by atoms with Crippen molar-refractivity contribution in [1.29, 1.82) is 0 Å². The molecule has 6 heteroatoms. The van der Waals surface area contributed by atoms with Crippen LogP contribution in [0.2, 0.25) is 0 Å². The number of thioether (sulfide) groups is 1. The number of halogens is 1. The fourth-order valence-electron chi connectivity index (χ4n) is 1.35. The number of amides is 1. The molecular formula is C7H6BrNO3S. The average molecular weight is 264 g/mol. The molecule has 1 amide bonds. The van der Waals surface area contributed by atoms with Gasteiger partial charge in [-0.2, -0.15) is 0 Å². The van der Waals surface area contributed by atoms with Crippen molar-refractivity contribution in [3.05, 3.63) is 11.8 Å². The summed E-state index contributed by atoms with van der Waals surface area (Å²) in [6, 6.07) is 0. The van der Waals surface area contributed by atoms with Crippen LogP contribution in [0.3, 0.4) is 0 Å². The smallest absolute Gasteiger partial charge is 0.352 e. The summed E-state index contributed by atoms with van der Waals surface area (Å²) in [5.41, 5.74) is 0.0990. The van der Waals surface area contributed by atoms with Crippen molar-refractivity contribution < 1.29 is 14.7 Å². The summed E-state index contributed by atoms with van der Waals surface area (Å²) in [4.78, 5) is 23.2.